The van der Waals surface area contributed by atoms with Gasteiger partial charge < -0.3 is 4.90 Å². The van der Waals surface area contributed by atoms with Crippen molar-refractivity contribution in [2.24, 2.45) is 5.92 Å². The van der Waals surface area contributed by atoms with Gasteiger partial charge in [-0.1, -0.05) is 0 Å². The lowest BCUT2D eigenvalue weighted by Gasteiger charge is -2.53. The number of carbonyl (C=O) groups is 1. The minimum Gasteiger partial charge on any atom is -0.332 e. The van der Waals surface area contributed by atoms with E-state index >= 15 is 0 Å². The number of likely N-dealkylation sites (tertiary alicyclic amines) is 1. The van der Waals surface area contributed by atoms with E-state index in [2.05, 4.69) is 20.7 Å². The normalized spacial score (nSPS) is 37.8. The van der Waals surface area contributed by atoms with Crippen molar-refractivity contribution in [3.05, 3.63) is 0 Å². The Kier molecular flexibility index (Phi) is 8.56. The molecule has 4 heterocycles. The standard InChI is InChI=1S/C24H40ClF3N6O3S/c1-31(22(35)15-32-9-11-38(36,37)12-10-32)23(24(26,27)28)16-4-6-17(7-5-16)33-8-2-3-18-19(33)14-29-21-13-20(25)30-34(18)21/h16-21,23,29-30H,2-15H2,1H3/t16?,17?,18?,19?,20?,21?,23-/m0/s1. The Morgan fingerprint density at radius 2 is 1.76 bits per heavy atom. The van der Waals surface area contributed by atoms with Crippen LogP contribution in [0.25, 0.3) is 0 Å². The molecule has 4 unspecified atom stereocenters. The van der Waals surface area contributed by atoms with Crippen molar-refractivity contribution in [1.82, 2.24) is 30.5 Å². The number of hydrogen-bond donors (Lipinski definition) is 2. The summed E-state index contributed by atoms with van der Waals surface area (Å²) in [6.07, 6.45) is 0.890. The maximum Gasteiger partial charge on any atom is 0.409 e. The Morgan fingerprint density at radius 1 is 1.08 bits per heavy atom. The molecule has 0 spiro atoms. The SMILES string of the molecule is CN(C(=O)CN1CCS(=O)(=O)CC1)[C@@H](C1CCC(N2CCCC3C2CNC2CC(Cl)NN23)CC1)C(F)(F)F. The summed E-state index contributed by atoms with van der Waals surface area (Å²) in [4.78, 5) is 17.9. The molecule has 5 rings (SSSR count). The zero-order valence-corrected chi connectivity index (χ0v) is 23.4. The molecule has 0 radical (unpaired) electrons. The lowest BCUT2D eigenvalue weighted by molar-refractivity contribution is -0.202. The Morgan fingerprint density at radius 3 is 2.42 bits per heavy atom. The van der Waals surface area contributed by atoms with Gasteiger partial charge in [0.2, 0.25) is 5.91 Å². The van der Waals surface area contributed by atoms with Crippen LogP contribution in [0, 0.1) is 5.92 Å². The molecule has 0 aromatic heterocycles. The van der Waals surface area contributed by atoms with Crippen molar-refractivity contribution in [1.29, 1.82) is 0 Å². The first-order valence-corrected chi connectivity index (χ1v) is 16.1. The summed E-state index contributed by atoms with van der Waals surface area (Å²) in [6.45, 7) is 1.98. The maximum absolute atomic E-state index is 14.3. The largest absolute Gasteiger partial charge is 0.409 e. The van der Waals surface area contributed by atoms with Gasteiger partial charge in [0.05, 0.1) is 29.7 Å². The molecular formula is C24H40ClF3N6O3S. The summed E-state index contributed by atoms with van der Waals surface area (Å²) in [6, 6.07) is -0.956. The van der Waals surface area contributed by atoms with E-state index in [1.54, 1.807) is 4.90 Å². The van der Waals surface area contributed by atoms with Gasteiger partial charge in [-0.3, -0.25) is 19.9 Å². The molecule has 5 atom stereocenters. The number of rotatable bonds is 5. The van der Waals surface area contributed by atoms with E-state index in [0.29, 0.717) is 37.8 Å². The van der Waals surface area contributed by atoms with Gasteiger partial charge in [-0.25, -0.2) is 18.9 Å². The van der Waals surface area contributed by atoms with Crippen molar-refractivity contribution in [3.8, 4) is 0 Å². The minimum atomic E-state index is -4.52. The Hall–Kier alpha value is -0.700. The highest BCUT2D eigenvalue weighted by Crippen LogP contribution is 2.41. The second kappa shape index (κ2) is 11.3. The van der Waals surface area contributed by atoms with Crippen molar-refractivity contribution < 1.29 is 26.4 Å². The molecule has 14 heteroatoms. The molecule has 1 amide bonds. The Labute approximate surface area is 228 Å². The number of hydrogen-bond acceptors (Lipinski definition) is 8. The molecule has 0 aromatic carbocycles. The van der Waals surface area contributed by atoms with Crippen LogP contribution in [0.15, 0.2) is 0 Å². The number of amides is 1. The molecule has 4 aliphatic heterocycles. The molecule has 1 aliphatic carbocycles. The number of nitrogens with one attached hydrogen (secondary N) is 2. The lowest BCUT2D eigenvalue weighted by atomic mass is 9.78. The van der Waals surface area contributed by atoms with Crippen molar-refractivity contribution in [2.75, 3.05) is 51.3 Å². The van der Waals surface area contributed by atoms with Gasteiger partial charge in [-0.05, 0) is 51.0 Å². The van der Waals surface area contributed by atoms with Crippen LogP contribution >= 0.6 is 11.6 Å². The van der Waals surface area contributed by atoms with E-state index in [9.17, 15) is 26.4 Å². The molecule has 9 nitrogen and oxygen atoms in total. The van der Waals surface area contributed by atoms with Gasteiger partial charge in [-0.15, -0.1) is 11.6 Å². The number of alkyl halides is 4. The molecule has 2 N–H and O–H groups in total. The third-order valence-corrected chi connectivity index (χ3v) is 11.2. The van der Waals surface area contributed by atoms with Crippen LogP contribution in [0.2, 0.25) is 0 Å². The maximum atomic E-state index is 14.3. The number of hydrazine groups is 1. The molecular weight excluding hydrogens is 545 g/mol. The van der Waals surface area contributed by atoms with Crippen LogP contribution in [-0.2, 0) is 14.6 Å². The van der Waals surface area contributed by atoms with Crippen LogP contribution in [-0.4, -0.2) is 127 Å². The average Bonchev–Trinajstić information content (AvgIpc) is 3.25. The highest BCUT2D eigenvalue weighted by molar-refractivity contribution is 7.91. The van der Waals surface area contributed by atoms with Crippen molar-refractivity contribution >= 4 is 27.3 Å². The van der Waals surface area contributed by atoms with E-state index < -0.39 is 33.9 Å². The summed E-state index contributed by atoms with van der Waals surface area (Å²) in [5, 5.41) is 5.86. The quantitative estimate of drug-likeness (QED) is 0.368. The van der Waals surface area contributed by atoms with E-state index in [1.807, 2.05) is 0 Å². The number of likely N-dealkylation sites (N-methyl/N-ethyl adjacent to an activating group) is 1. The number of nitrogens with zero attached hydrogens (tertiary/aromatic N) is 4. The second-order valence-corrected chi connectivity index (χ2v) is 14.5. The zero-order valence-electron chi connectivity index (χ0n) is 21.9. The topological polar surface area (TPSA) is 88.2 Å². The third-order valence-electron chi connectivity index (χ3n) is 9.36. The third kappa shape index (κ3) is 6.13. The summed E-state index contributed by atoms with van der Waals surface area (Å²) in [7, 11) is -1.87. The fourth-order valence-electron chi connectivity index (χ4n) is 7.39. The van der Waals surface area contributed by atoms with Gasteiger partial charge in [0.25, 0.3) is 0 Å². The second-order valence-electron chi connectivity index (χ2n) is 11.7. The van der Waals surface area contributed by atoms with Gasteiger partial charge in [0.1, 0.15) is 6.04 Å². The number of halogens is 4. The molecule has 0 aromatic rings. The van der Waals surface area contributed by atoms with Crippen molar-refractivity contribution in [3.63, 3.8) is 0 Å². The highest BCUT2D eigenvalue weighted by atomic mass is 35.5. The summed E-state index contributed by atoms with van der Waals surface area (Å²) < 4.78 is 66.2. The van der Waals surface area contributed by atoms with Crippen LogP contribution in [0.4, 0.5) is 13.2 Å². The van der Waals surface area contributed by atoms with Gasteiger partial charge in [0.15, 0.2) is 9.84 Å². The first-order chi connectivity index (χ1) is 17.9. The predicted octanol–water partition coefficient (Wildman–Crippen LogP) is 1.20. The van der Waals surface area contributed by atoms with E-state index in [-0.39, 0.29) is 48.8 Å². The molecule has 5 aliphatic rings. The first kappa shape index (κ1) is 28.8. The van der Waals surface area contributed by atoms with Gasteiger partial charge >= 0.3 is 6.18 Å². The van der Waals surface area contributed by atoms with Crippen LogP contribution < -0.4 is 10.7 Å². The van der Waals surface area contributed by atoms with E-state index in [4.69, 9.17) is 11.6 Å². The Balaban J connectivity index is 1.19. The predicted molar refractivity (Wildman–Crippen MR) is 138 cm³/mol. The smallest absolute Gasteiger partial charge is 0.332 e. The minimum absolute atomic E-state index is 0.0640. The van der Waals surface area contributed by atoms with Crippen LogP contribution in [0.5, 0.6) is 0 Å². The molecule has 0 bridgehead atoms. The number of sulfone groups is 1. The summed E-state index contributed by atoms with van der Waals surface area (Å²) >= 11 is 6.35. The van der Waals surface area contributed by atoms with Crippen LogP contribution in [0.1, 0.15) is 44.9 Å². The molecule has 38 heavy (non-hydrogen) atoms. The fourth-order valence-corrected chi connectivity index (χ4v) is 8.95. The first-order valence-electron chi connectivity index (χ1n) is 13.9. The zero-order chi connectivity index (χ0) is 27.2. The molecule has 218 valence electrons. The number of fused-ring (bicyclic) bond motifs is 3. The fraction of sp³-hybridized carbons (Fsp3) is 0.958. The van der Waals surface area contributed by atoms with Crippen LogP contribution in [0.3, 0.4) is 0 Å². The average molecular weight is 585 g/mol. The molecule has 5 fully saturated rings. The van der Waals surface area contributed by atoms with Gasteiger partial charge in [-0.2, -0.15) is 13.2 Å². The lowest BCUT2D eigenvalue weighted by Crippen LogP contribution is -2.70. The Bertz CT molecular complexity index is 953. The van der Waals surface area contributed by atoms with E-state index in [1.165, 1.54) is 7.05 Å². The highest BCUT2D eigenvalue weighted by Gasteiger charge is 2.51. The summed E-state index contributed by atoms with van der Waals surface area (Å²) in [5.74, 6) is -1.38. The number of piperidine rings is 1. The molecule has 1 saturated carbocycles. The summed E-state index contributed by atoms with van der Waals surface area (Å²) in [5.41, 5.74) is 3.30. The number of carbonyl (C=O) groups excluding carboxylic acids is 1. The van der Waals surface area contributed by atoms with E-state index in [0.717, 1.165) is 37.3 Å². The van der Waals surface area contributed by atoms with Gasteiger partial charge in [0, 0.05) is 51.2 Å². The van der Waals surface area contributed by atoms with Crippen molar-refractivity contribution in [2.45, 2.75) is 87.0 Å². The molecule has 4 saturated heterocycles. The monoisotopic (exact) mass is 584 g/mol.